The third-order valence-electron chi connectivity index (χ3n) is 2.81. The number of carbonyl (C=O) groups excluding carboxylic acids is 1. The fraction of sp³-hybridized carbons (Fsp3) is 0.364. The molecule has 0 aromatic heterocycles. The molecular weight excluding hydrogens is 190 g/mol. The second-order valence-electron chi connectivity index (χ2n) is 3.85. The highest BCUT2D eigenvalue weighted by molar-refractivity contribution is 5.84. The lowest BCUT2D eigenvalue weighted by Gasteiger charge is -2.24. The van der Waals surface area contributed by atoms with Crippen molar-refractivity contribution in [3.05, 3.63) is 24.3 Å². The number of nitrogens with two attached hydrogens (primary N) is 2. The number of anilines is 2. The van der Waals surface area contributed by atoms with Gasteiger partial charge in [0, 0.05) is 17.9 Å². The third kappa shape index (κ3) is 1.88. The Bertz CT molecular complexity index is 361. The number of hydrogen-bond donors (Lipinski definition) is 2. The lowest BCUT2D eigenvalue weighted by molar-refractivity contribution is -0.119. The van der Waals surface area contributed by atoms with E-state index in [-0.39, 0.29) is 11.9 Å². The molecule has 1 aliphatic heterocycles. The van der Waals surface area contributed by atoms with Crippen LogP contribution in [0.2, 0.25) is 0 Å². The molecule has 80 valence electrons. The van der Waals surface area contributed by atoms with Crippen LogP contribution in [-0.4, -0.2) is 18.5 Å². The molecule has 0 bridgehead atoms. The lowest BCUT2D eigenvalue weighted by Crippen LogP contribution is -2.40. The first-order chi connectivity index (χ1) is 7.18. The van der Waals surface area contributed by atoms with Gasteiger partial charge < -0.3 is 16.4 Å². The maximum atomic E-state index is 11.2. The molecule has 1 amide bonds. The van der Waals surface area contributed by atoms with E-state index >= 15 is 0 Å². The molecule has 0 saturated carbocycles. The molecule has 0 aliphatic carbocycles. The summed E-state index contributed by atoms with van der Waals surface area (Å²) in [5, 5.41) is 0. The number of amides is 1. The largest absolute Gasteiger partial charge is 0.399 e. The van der Waals surface area contributed by atoms with E-state index in [1.165, 1.54) is 0 Å². The van der Waals surface area contributed by atoms with Gasteiger partial charge in [0.15, 0.2) is 0 Å². The van der Waals surface area contributed by atoms with Crippen molar-refractivity contribution < 1.29 is 4.79 Å². The van der Waals surface area contributed by atoms with Crippen LogP contribution in [0.15, 0.2) is 24.3 Å². The van der Waals surface area contributed by atoms with E-state index in [4.69, 9.17) is 11.5 Å². The Balaban J connectivity index is 2.22. The molecule has 4 nitrogen and oxygen atoms in total. The Morgan fingerprint density at radius 1 is 1.33 bits per heavy atom. The van der Waals surface area contributed by atoms with E-state index in [1.807, 2.05) is 29.2 Å². The zero-order valence-electron chi connectivity index (χ0n) is 8.52. The van der Waals surface area contributed by atoms with Crippen molar-refractivity contribution in [2.45, 2.75) is 18.9 Å². The van der Waals surface area contributed by atoms with E-state index in [9.17, 15) is 4.79 Å². The summed E-state index contributed by atoms with van der Waals surface area (Å²) in [7, 11) is 0. The lowest BCUT2D eigenvalue weighted by atomic mass is 10.2. The van der Waals surface area contributed by atoms with Crippen molar-refractivity contribution in [2.24, 2.45) is 5.73 Å². The van der Waals surface area contributed by atoms with Gasteiger partial charge in [-0.2, -0.15) is 0 Å². The van der Waals surface area contributed by atoms with Crippen molar-refractivity contribution in [3.8, 4) is 0 Å². The van der Waals surface area contributed by atoms with Crippen molar-refractivity contribution in [1.29, 1.82) is 0 Å². The van der Waals surface area contributed by atoms with Gasteiger partial charge in [-0.25, -0.2) is 0 Å². The fourth-order valence-electron chi connectivity index (χ4n) is 2.04. The first-order valence-electron chi connectivity index (χ1n) is 5.10. The van der Waals surface area contributed by atoms with Gasteiger partial charge >= 0.3 is 0 Å². The molecule has 1 fully saturated rings. The normalized spacial score (nSPS) is 20.5. The van der Waals surface area contributed by atoms with Crippen LogP contribution in [0.25, 0.3) is 0 Å². The average Bonchev–Trinajstić information content (AvgIpc) is 2.67. The van der Waals surface area contributed by atoms with Crippen LogP contribution in [0.3, 0.4) is 0 Å². The van der Waals surface area contributed by atoms with Gasteiger partial charge in [0.25, 0.3) is 0 Å². The maximum Gasteiger partial charge on any atom is 0.240 e. The average molecular weight is 205 g/mol. The van der Waals surface area contributed by atoms with Crippen LogP contribution >= 0.6 is 0 Å². The van der Waals surface area contributed by atoms with Crippen molar-refractivity contribution in [2.75, 3.05) is 17.2 Å². The highest BCUT2D eigenvalue weighted by Crippen LogP contribution is 2.25. The van der Waals surface area contributed by atoms with Gasteiger partial charge in [-0.15, -0.1) is 0 Å². The number of nitrogens with zero attached hydrogens (tertiary/aromatic N) is 1. The molecule has 1 atom stereocenters. The summed E-state index contributed by atoms with van der Waals surface area (Å²) < 4.78 is 0. The summed E-state index contributed by atoms with van der Waals surface area (Å²) in [4.78, 5) is 13.3. The summed E-state index contributed by atoms with van der Waals surface area (Å²) in [5.74, 6) is -0.246. The molecule has 1 saturated heterocycles. The molecule has 15 heavy (non-hydrogen) atoms. The fourth-order valence-corrected chi connectivity index (χ4v) is 2.04. The highest BCUT2D eigenvalue weighted by Gasteiger charge is 2.28. The second-order valence-corrected chi connectivity index (χ2v) is 3.85. The van der Waals surface area contributed by atoms with E-state index in [0.717, 1.165) is 30.8 Å². The van der Waals surface area contributed by atoms with Crippen LogP contribution in [0.1, 0.15) is 12.8 Å². The molecule has 0 radical (unpaired) electrons. The number of nitrogen functional groups attached to an aromatic ring is 1. The van der Waals surface area contributed by atoms with Crippen LogP contribution in [0.4, 0.5) is 11.4 Å². The molecule has 1 aromatic rings. The summed E-state index contributed by atoms with van der Waals surface area (Å²) >= 11 is 0. The van der Waals surface area contributed by atoms with Crippen LogP contribution in [-0.2, 0) is 4.79 Å². The molecule has 0 unspecified atom stereocenters. The topological polar surface area (TPSA) is 72.4 Å². The minimum atomic E-state index is -0.246. The van der Waals surface area contributed by atoms with Crippen LogP contribution in [0, 0.1) is 0 Å². The van der Waals surface area contributed by atoms with Gasteiger partial charge in [-0.05, 0) is 37.1 Å². The minimum absolute atomic E-state index is 0.159. The molecule has 1 aromatic carbocycles. The first-order valence-corrected chi connectivity index (χ1v) is 5.10. The second kappa shape index (κ2) is 3.81. The summed E-state index contributed by atoms with van der Waals surface area (Å²) in [5.41, 5.74) is 12.7. The molecule has 2 rings (SSSR count). The Morgan fingerprint density at radius 3 is 2.60 bits per heavy atom. The summed E-state index contributed by atoms with van der Waals surface area (Å²) in [6.07, 6.45) is 1.86. The molecule has 0 spiro atoms. The number of benzene rings is 1. The quantitative estimate of drug-likeness (QED) is 0.699. The molecule has 4 N–H and O–H groups in total. The van der Waals surface area contributed by atoms with Gasteiger partial charge in [-0.3, -0.25) is 4.79 Å². The predicted octanol–water partition coefficient (Wildman–Crippen LogP) is 0.723. The maximum absolute atomic E-state index is 11.2. The van der Waals surface area contributed by atoms with Crippen LogP contribution < -0.4 is 16.4 Å². The monoisotopic (exact) mass is 205 g/mol. The zero-order chi connectivity index (χ0) is 10.8. The third-order valence-corrected chi connectivity index (χ3v) is 2.81. The SMILES string of the molecule is NC(=O)[C@@H]1CCCN1c1ccc(N)cc1. The Labute approximate surface area is 88.9 Å². The standard InChI is InChI=1S/C11H15N3O/c12-8-3-5-9(6-4-8)14-7-1-2-10(14)11(13)15/h3-6,10H,1-2,7,12H2,(H2,13,15)/t10-/m0/s1. The number of carbonyl (C=O) groups is 1. The highest BCUT2D eigenvalue weighted by atomic mass is 16.1. The van der Waals surface area contributed by atoms with E-state index in [0.29, 0.717) is 0 Å². The smallest absolute Gasteiger partial charge is 0.240 e. The van der Waals surface area contributed by atoms with Gasteiger partial charge in [0.1, 0.15) is 6.04 Å². The van der Waals surface area contributed by atoms with Crippen molar-refractivity contribution in [1.82, 2.24) is 0 Å². The van der Waals surface area contributed by atoms with Crippen LogP contribution in [0.5, 0.6) is 0 Å². The summed E-state index contributed by atoms with van der Waals surface area (Å²) in [6.45, 7) is 0.886. The van der Waals surface area contributed by atoms with E-state index in [1.54, 1.807) is 0 Å². The number of rotatable bonds is 2. The summed E-state index contributed by atoms with van der Waals surface area (Å²) in [6, 6.07) is 7.37. The van der Waals surface area contributed by atoms with E-state index < -0.39 is 0 Å². The van der Waals surface area contributed by atoms with Crippen molar-refractivity contribution >= 4 is 17.3 Å². The van der Waals surface area contributed by atoms with Gasteiger partial charge in [-0.1, -0.05) is 0 Å². The van der Waals surface area contributed by atoms with Gasteiger partial charge in [0.2, 0.25) is 5.91 Å². The first kappa shape index (κ1) is 9.83. The minimum Gasteiger partial charge on any atom is -0.399 e. The van der Waals surface area contributed by atoms with Gasteiger partial charge in [0.05, 0.1) is 0 Å². The van der Waals surface area contributed by atoms with E-state index in [2.05, 4.69) is 0 Å². The molecule has 1 heterocycles. The Hall–Kier alpha value is -1.71. The molecule has 1 aliphatic rings. The molecular formula is C11H15N3O. The Kier molecular flexibility index (Phi) is 2.49. The predicted molar refractivity (Wildman–Crippen MR) is 60.4 cm³/mol. The zero-order valence-corrected chi connectivity index (χ0v) is 8.52. The number of hydrogen-bond acceptors (Lipinski definition) is 3. The molecule has 4 heteroatoms. The number of primary amides is 1. The Morgan fingerprint density at radius 2 is 2.00 bits per heavy atom. The van der Waals surface area contributed by atoms with Crippen molar-refractivity contribution in [3.63, 3.8) is 0 Å².